The van der Waals surface area contributed by atoms with Crippen molar-refractivity contribution in [3.05, 3.63) is 11.3 Å². The van der Waals surface area contributed by atoms with Gasteiger partial charge in [0, 0.05) is 0 Å². The summed E-state index contributed by atoms with van der Waals surface area (Å²) in [6.45, 7) is -1.25. The molecule has 68 valence electrons. The summed E-state index contributed by atoms with van der Waals surface area (Å²) in [5.41, 5.74) is 5.59. The zero-order valence-corrected chi connectivity index (χ0v) is 6.93. The Morgan fingerprint density at radius 3 is 2.83 bits per heavy atom. The number of hydrogen-bond donors (Lipinski definition) is 1. The van der Waals surface area contributed by atoms with E-state index in [4.69, 9.17) is 17.3 Å². The molecule has 0 aliphatic rings. The van der Waals surface area contributed by atoms with Crippen molar-refractivity contribution in [3.8, 4) is 0 Å². The van der Waals surface area contributed by atoms with E-state index in [2.05, 4.69) is 5.10 Å². The van der Waals surface area contributed by atoms with Gasteiger partial charge in [-0.2, -0.15) is 5.10 Å². The maximum absolute atomic E-state index is 12.5. The number of nitrogens with two attached hydrogens (primary N) is 1. The molecule has 0 saturated carbocycles. The summed E-state index contributed by atoms with van der Waals surface area (Å²) in [7, 11) is 0. The number of hydrogen-bond acceptors (Lipinski definition) is 2. The molecule has 1 aromatic heterocycles. The van der Waals surface area contributed by atoms with Gasteiger partial charge in [0.15, 0.2) is 0 Å². The highest BCUT2D eigenvalue weighted by atomic mass is 35.5. The van der Waals surface area contributed by atoms with E-state index in [9.17, 15) is 8.78 Å². The summed E-state index contributed by atoms with van der Waals surface area (Å²) in [6.07, 6.45) is -0.283. The second kappa shape index (κ2) is 3.71. The minimum Gasteiger partial charge on any atom is -0.395 e. The Morgan fingerprint density at radius 1 is 1.75 bits per heavy atom. The molecule has 1 aromatic rings. The lowest BCUT2D eigenvalue weighted by atomic mass is 10.4. The third kappa shape index (κ3) is 1.85. The summed E-state index contributed by atoms with van der Waals surface area (Å²) >= 11 is 5.60. The van der Waals surface area contributed by atoms with Crippen LogP contribution in [0.1, 0.15) is 0 Å². The van der Waals surface area contributed by atoms with Gasteiger partial charge in [-0.25, -0.2) is 13.5 Å². The lowest BCUT2D eigenvalue weighted by Crippen LogP contribution is -2.14. The SMILES string of the molecule is Nc1cnn(CC(F)CF)c1Cl. The number of anilines is 1. The molecular weight excluding hydrogens is 188 g/mol. The Labute approximate surface area is 73.1 Å². The Bertz CT molecular complexity index is 263. The molecule has 0 fully saturated rings. The molecule has 0 aromatic carbocycles. The minimum atomic E-state index is -1.58. The van der Waals surface area contributed by atoms with E-state index in [0.29, 0.717) is 0 Å². The molecule has 1 atom stereocenters. The molecule has 6 heteroatoms. The first-order chi connectivity index (χ1) is 5.65. The van der Waals surface area contributed by atoms with Crippen molar-refractivity contribution in [2.45, 2.75) is 12.7 Å². The van der Waals surface area contributed by atoms with E-state index >= 15 is 0 Å². The predicted molar refractivity (Wildman–Crippen MR) is 42.5 cm³/mol. The van der Waals surface area contributed by atoms with Crippen LogP contribution in [0.5, 0.6) is 0 Å². The molecule has 0 bridgehead atoms. The van der Waals surface area contributed by atoms with Crippen molar-refractivity contribution >= 4 is 17.3 Å². The Morgan fingerprint density at radius 2 is 2.42 bits per heavy atom. The van der Waals surface area contributed by atoms with Crippen molar-refractivity contribution in [1.82, 2.24) is 9.78 Å². The molecule has 0 aliphatic heterocycles. The van der Waals surface area contributed by atoms with Gasteiger partial charge in [0.25, 0.3) is 0 Å². The standard InChI is InChI=1S/C6H8ClF2N3/c7-6-5(10)2-11-12(6)3-4(9)1-8/h2,4H,1,3,10H2. The van der Waals surface area contributed by atoms with Crippen LogP contribution < -0.4 is 5.73 Å². The molecule has 12 heavy (non-hydrogen) atoms. The Kier molecular flexibility index (Phi) is 2.86. The third-order valence-corrected chi connectivity index (χ3v) is 1.75. The van der Waals surface area contributed by atoms with Crippen LogP contribution in [-0.2, 0) is 6.54 Å². The first-order valence-electron chi connectivity index (χ1n) is 3.32. The molecule has 0 saturated heterocycles. The molecule has 0 amide bonds. The number of rotatable bonds is 3. The van der Waals surface area contributed by atoms with Crippen LogP contribution >= 0.6 is 11.6 Å². The highest BCUT2D eigenvalue weighted by Crippen LogP contribution is 2.17. The first kappa shape index (κ1) is 9.25. The fourth-order valence-corrected chi connectivity index (χ4v) is 0.910. The van der Waals surface area contributed by atoms with Gasteiger partial charge < -0.3 is 5.73 Å². The number of nitrogens with zero attached hydrogens (tertiary/aromatic N) is 2. The van der Waals surface area contributed by atoms with Crippen LogP contribution in [-0.4, -0.2) is 22.6 Å². The molecule has 0 aliphatic carbocycles. The quantitative estimate of drug-likeness (QED) is 0.793. The van der Waals surface area contributed by atoms with Crippen LogP contribution in [0.15, 0.2) is 6.20 Å². The summed E-state index contributed by atoms with van der Waals surface area (Å²) in [6, 6.07) is 0. The van der Waals surface area contributed by atoms with Crippen molar-refractivity contribution in [1.29, 1.82) is 0 Å². The summed E-state index contributed by atoms with van der Waals surface area (Å²) in [5, 5.41) is 3.80. The maximum atomic E-state index is 12.5. The molecule has 2 N–H and O–H groups in total. The number of nitrogen functional groups attached to an aromatic ring is 1. The van der Waals surface area contributed by atoms with Gasteiger partial charge in [-0.3, -0.25) is 0 Å². The smallest absolute Gasteiger partial charge is 0.150 e. The largest absolute Gasteiger partial charge is 0.395 e. The Balaban J connectivity index is 2.69. The van der Waals surface area contributed by atoms with Crippen molar-refractivity contribution in [3.63, 3.8) is 0 Å². The van der Waals surface area contributed by atoms with E-state index in [-0.39, 0.29) is 17.4 Å². The molecule has 1 heterocycles. The van der Waals surface area contributed by atoms with Crippen molar-refractivity contribution in [2.75, 3.05) is 12.4 Å². The molecule has 1 rings (SSSR count). The lowest BCUT2D eigenvalue weighted by Gasteiger charge is -2.04. The zero-order chi connectivity index (χ0) is 9.14. The fourth-order valence-electron chi connectivity index (χ4n) is 0.749. The van der Waals surface area contributed by atoms with E-state index in [1.807, 2.05) is 0 Å². The maximum Gasteiger partial charge on any atom is 0.150 e. The van der Waals surface area contributed by atoms with Crippen LogP contribution in [0.3, 0.4) is 0 Å². The summed E-state index contributed by atoms with van der Waals surface area (Å²) in [4.78, 5) is 0. The number of alkyl halides is 2. The van der Waals surface area contributed by atoms with E-state index in [1.54, 1.807) is 0 Å². The van der Waals surface area contributed by atoms with E-state index in [0.717, 1.165) is 4.68 Å². The molecule has 0 spiro atoms. The highest BCUT2D eigenvalue weighted by Gasteiger charge is 2.11. The molecular formula is C6H8ClF2N3. The number of aromatic nitrogens is 2. The minimum absolute atomic E-state index is 0.145. The van der Waals surface area contributed by atoms with Gasteiger partial charge in [-0.1, -0.05) is 11.6 Å². The topological polar surface area (TPSA) is 43.8 Å². The molecule has 0 radical (unpaired) electrons. The third-order valence-electron chi connectivity index (χ3n) is 1.34. The normalized spacial score (nSPS) is 13.2. The highest BCUT2D eigenvalue weighted by molar-refractivity contribution is 6.31. The predicted octanol–water partition coefficient (Wildman–Crippen LogP) is 1.43. The second-order valence-electron chi connectivity index (χ2n) is 2.32. The average molecular weight is 196 g/mol. The van der Waals surface area contributed by atoms with Gasteiger partial charge in [0.2, 0.25) is 0 Å². The van der Waals surface area contributed by atoms with Gasteiger partial charge in [0.05, 0.1) is 18.4 Å². The van der Waals surface area contributed by atoms with Crippen LogP contribution in [0.4, 0.5) is 14.5 Å². The molecule has 3 nitrogen and oxygen atoms in total. The monoisotopic (exact) mass is 195 g/mol. The zero-order valence-electron chi connectivity index (χ0n) is 6.17. The fraction of sp³-hybridized carbons (Fsp3) is 0.500. The van der Waals surface area contributed by atoms with E-state index < -0.39 is 12.8 Å². The van der Waals surface area contributed by atoms with Gasteiger partial charge in [-0.05, 0) is 0 Å². The summed E-state index contributed by atoms with van der Waals surface area (Å²) < 4.78 is 25.3. The van der Waals surface area contributed by atoms with Crippen LogP contribution in [0.2, 0.25) is 5.15 Å². The second-order valence-corrected chi connectivity index (χ2v) is 2.68. The van der Waals surface area contributed by atoms with Gasteiger partial charge in [0.1, 0.15) is 18.0 Å². The van der Waals surface area contributed by atoms with Crippen molar-refractivity contribution < 1.29 is 8.78 Å². The number of halogens is 3. The van der Waals surface area contributed by atoms with Gasteiger partial charge >= 0.3 is 0 Å². The van der Waals surface area contributed by atoms with Crippen LogP contribution in [0, 0.1) is 0 Å². The first-order valence-corrected chi connectivity index (χ1v) is 3.69. The van der Waals surface area contributed by atoms with E-state index in [1.165, 1.54) is 6.20 Å². The lowest BCUT2D eigenvalue weighted by molar-refractivity contribution is 0.228. The average Bonchev–Trinajstić information content (AvgIpc) is 2.36. The van der Waals surface area contributed by atoms with Crippen LogP contribution in [0.25, 0.3) is 0 Å². The Hall–Kier alpha value is -0.840. The summed E-state index contributed by atoms with van der Waals surface area (Å²) in [5.74, 6) is 0. The van der Waals surface area contributed by atoms with Crippen molar-refractivity contribution in [2.24, 2.45) is 0 Å². The van der Waals surface area contributed by atoms with Gasteiger partial charge in [-0.15, -0.1) is 0 Å². The molecule has 1 unspecified atom stereocenters.